The number of aromatic nitrogens is 1. The van der Waals surface area contributed by atoms with E-state index in [2.05, 4.69) is 10.3 Å². The van der Waals surface area contributed by atoms with E-state index in [1.54, 1.807) is 20.8 Å². The monoisotopic (exact) mass is 466 g/mol. The van der Waals surface area contributed by atoms with Gasteiger partial charge in [0.15, 0.2) is 0 Å². The van der Waals surface area contributed by atoms with Crippen LogP contribution in [0.15, 0.2) is 34.7 Å². The standard InChI is InChI=1S/C22H21F3N2O6/c1-21(2,3)33-20(30)26-10-16-13(19(28)29)9-15(32-16)11-5-7-14(31-4)18-12(11)6-8-17(27-18)22(23,24)25/h5-9H,10H2,1-4H3,(H,26,30)(H,28,29). The van der Waals surface area contributed by atoms with E-state index >= 15 is 0 Å². The summed E-state index contributed by atoms with van der Waals surface area (Å²) < 4.78 is 55.4. The predicted octanol–water partition coefficient (Wildman–Crippen LogP) is 5.25. The first-order valence-electron chi connectivity index (χ1n) is 9.68. The summed E-state index contributed by atoms with van der Waals surface area (Å²) in [6.45, 7) is 4.74. The molecule has 0 saturated carbocycles. The molecule has 2 heterocycles. The Morgan fingerprint density at radius 3 is 2.42 bits per heavy atom. The number of pyridine rings is 1. The smallest absolute Gasteiger partial charge is 0.433 e. The van der Waals surface area contributed by atoms with Crippen molar-refractivity contribution in [1.82, 2.24) is 10.3 Å². The van der Waals surface area contributed by atoms with Crippen LogP contribution in [-0.2, 0) is 17.5 Å². The molecule has 0 aliphatic carbocycles. The molecule has 8 nitrogen and oxygen atoms in total. The average molecular weight is 466 g/mol. The maximum absolute atomic E-state index is 13.1. The first-order chi connectivity index (χ1) is 15.3. The minimum atomic E-state index is -4.66. The number of benzene rings is 1. The molecular formula is C22H21F3N2O6. The molecule has 176 valence electrons. The summed E-state index contributed by atoms with van der Waals surface area (Å²) in [5.41, 5.74) is -1.83. The number of alkyl halides is 3. The SMILES string of the molecule is COc1ccc(-c2cc(C(=O)O)c(CNC(=O)OC(C)(C)C)o2)c2ccc(C(F)(F)F)nc12. The maximum atomic E-state index is 13.1. The molecule has 0 saturated heterocycles. The molecule has 2 N–H and O–H groups in total. The zero-order valence-corrected chi connectivity index (χ0v) is 18.2. The van der Waals surface area contributed by atoms with Gasteiger partial charge in [-0.25, -0.2) is 14.6 Å². The highest BCUT2D eigenvalue weighted by Gasteiger charge is 2.33. The van der Waals surface area contributed by atoms with E-state index in [1.165, 1.54) is 31.4 Å². The largest absolute Gasteiger partial charge is 0.494 e. The van der Waals surface area contributed by atoms with Crippen LogP contribution in [0, 0.1) is 0 Å². The molecule has 0 aliphatic rings. The van der Waals surface area contributed by atoms with Gasteiger partial charge in [0.05, 0.1) is 13.7 Å². The summed E-state index contributed by atoms with van der Waals surface area (Å²) >= 11 is 0. The van der Waals surface area contributed by atoms with E-state index in [0.29, 0.717) is 5.56 Å². The van der Waals surface area contributed by atoms with Crippen LogP contribution in [0.4, 0.5) is 18.0 Å². The second-order valence-electron chi connectivity index (χ2n) is 8.01. The predicted molar refractivity (Wildman–Crippen MR) is 111 cm³/mol. The molecule has 1 amide bonds. The third-order valence-electron chi connectivity index (χ3n) is 4.43. The second kappa shape index (κ2) is 8.64. The maximum Gasteiger partial charge on any atom is 0.433 e. The fourth-order valence-electron chi connectivity index (χ4n) is 3.07. The Morgan fingerprint density at radius 1 is 1.15 bits per heavy atom. The number of amides is 1. The van der Waals surface area contributed by atoms with Crippen LogP contribution < -0.4 is 10.1 Å². The molecule has 2 aromatic heterocycles. The Bertz CT molecular complexity index is 1210. The highest BCUT2D eigenvalue weighted by atomic mass is 19.4. The topological polar surface area (TPSA) is 111 Å². The summed E-state index contributed by atoms with van der Waals surface area (Å²) in [4.78, 5) is 27.3. The van der Waals surface area contributed by atoms with Gasteiger partial charge in [0.2, 0.25) is 0 Å². The minimum absolute atomic E-state index is 0.0628. The lowest BCUT2D eigenvalue weighted by atomic mass is 10.0. The van der Waals surface area contributed by atoms with Crippen LogP contribution in [0.1, 0.15) is 42.6 Å². The van der Waals surface area contributed by atoms with Gasteiger partial charge >= 0.3 is 18.2 Å². The molecule has 3 rings (SSSR count). The van der Waals surface area contributed by atoms with Crippen molar-refractivity contribution >= 4 is 23.0 Å². The zero-order valence-electron chi connectivity index (χ0n) is 18.2. The molecule has 3 aromatic rings. The number of carbonyl (C=O) groups is 2. The van der Waals surface area contributed by atoms with Crippen molar-refractivity contribution in [2.45, 2.75) is 39.1 Å². The number of alkyl carbamates (subject to hydrolysis) is 1. The van der Waals surface area contributed by atoms with Crippen LogP contribution in [-0.4, -0.2) is 34.9 Å². The van der Waals surface area contributed by atoms with Crippen LogP contribution in [0.2, 0.25) is 0 Å². The number of nitrogens with zero attached hydrogens (tertiary/aromatic N) is 1. The van der Waals surface area contributed by atoms with Crippen molar-refractivity contribution in [1.29, 1.82) is 0 Å². The summed E-state index contributed by atoms with van der Waals surface area (Å²) in [5, 5.41) is 12.2. The van der Waals surface area contributed by atoms with Gasteiger partial charge in [-0.05, 0) is 51.1 Å². The lowest BCUT2D eigenvalue weighted by Crippen LogP contribution is -2.32. The quantitative estimate of drug-likeness (QED) is 0.529. The molecule has 0 atom stereocenters. The van der Waals surface area contributed by atoms with Crippen molar-refractivity contribution < 1.29 is 41.8 Å². The Hall–Kier alpha value is -3.76. The van der Waals surface area contributed by atoms with Crippen LogP contribution >= 0.6 is 0 Å². The number of hydrogen-bond acceptors (Lipinski definition) is 6. The van der Waals surface area contributed by atoms with Gasteiger partial charge in [-0.2, -0.15) is 13.2 Å². The number of fused-ring (bicyclic) bond motifs is 1. The summed E-state index contributed by atoms with van der Waals surface area (Å²) in [6.07, 6.45) is -5.42. The van der Waals surface area contributed by atoms with E-state index in [4.69, 9.17) is 13.9 Å². The number of hydrogen-bond donors (Lipinski definition) is 2. The number of aromatic carboxylic acids is 1. The first-order valence-corrected chi connectivity index (χ1v) is 9.68. The first kappa shape index (κ1) is 23.9. The van der Waals surface area contributed by atoms with Gasteiger partial charge in [-0.1, -0.05) is 0 Å². The van der Waals surface area contributed by atoms with E-state index in [-0.39, 0.29) is 40.3 Å². The molecule has 0 bridgehead atoms. The molecule has 0 fully saturated rings. The number of nitrogens with one attached hydrogen (secondary N) is 1. The Labute approximate surface area is 186 Å². The fourth-order valence-corrected chi connectivity index (χ4v) is 3.07. The van der Waals surface area contributed by atoms with Gasteiger partial charge in [-0.15, -0.1) is 0 Å². The third-order valence-corrected chi connectivity index (χ3v) is 4.43. The highest BCUT2D eigenvalue weighted by Crippen LogP contribution is 2.38. The molecule has 33 heavy (non-hydrogen) atoms. The van der Waals surface area contributed by atoms with E-state index in [9.17, 15) is 27.9 Å². The molecule has 11 heteroatoms. The number of carbonyl (C=O) groups excluding carboxylic acids is 1. The van der Waals surface area contributed by atoms with Crippen molar-refractivity contribution in [3.8, 4) is 17.1 Å². The molecule has 0 unspecified atom stereocenters. The Balaban J connectivity index is 2.04. The summed E-state index contributed by atoms with van der Waals surface area (Å²) in [5.74, 6) is -1.19. The molecule has 0 radical (unpaired) electrons. The van der Waals surface area contributed by atoms with Gasteiger partial charge < -0.3 is 24.3 Å². The number of furan rings is 1. The van der Waals surface area contributed by atoms with Crippen molar-refractivity contribution in [2.24, 2.45) is 0 Å². The normalized spacial score (nSPS) is 12.0. The molecule has 1 aromatic carbocycles. The van der Waals surface area contributed by atoms with Gasteiger partial charge in [0, 0.05) is 10.9 Å². The molecular weight excluding hydrogens is 445 g/mol. The Kier molecular flexibility index (Phi) is 6.26. The zero-order chi connectivity index (χ0) is 24.6. The number of carboxylic acid groups (broad SMARTS) is 1. The van der Waals surface area contributed by atoms with Gasteiger partial charge in [0.25, 0.3) is 0 Å². The summed E-state index contributed by atoms with van der Waals surface area (Å²) in [7, 11) is 1.30. The number of rotatable bonds is 5. The van der Waals surface area contributed by atoms with Crippen molar-refractivity contribution in [3.63, 3.8) is 0 Å². The molecule has 0 aliphatic heterocycles. The van der Waals surface area contributed by atoms with Crippen molar-refractivity contribution in [3.05, 3.63) is 47.3 Å². The Morgan fingerprint density at radius 2 is 1.85 bits per heavy atom. The van der Waals surface area contributed by atoms with Gasteiger partial charge in [0.1, 0.15) is 39.6 Å². The van der Waals surface area contributed by atoms with Crippen molar-refractivity contribution in [2.75, 3.05) is 7.11 Å². The highest BCUT2D eigenvalue weighted by molar-refractivity contribution is 5.98. The fraction of sp³-hybridized carbons (Fsp3) is 0.318. The van der Waals surface area contributed by atoms with E-state index in [0.717, 1.165) is 6.07 Å². The second-order valence-corrected chi connectivity index (χ2v) is 8.01. The number of ether oxygens (including phenoxy) is 2. The number of methoxy groups -OCH3 is 1. The summed E-state index contributed by atoms with van der Waals surface area (Å²) in [6, 6.07) is 6.19. The lowest BCUT2D eigenvalue weighted by molar-refractivity contribution is -0.140. The van der Waals surface area contributed by atoms with Crippen LogP contribution in [0.25, 0.3) is 22.2 Å². The average Bonchev–Trinajstić information content (AvgIpc) is 3.13. The minimum Gasteiger partial charge on any atom is -0.494 e. The van der Waals surface area contributed by atoms with E-state index in [1.807, 2.05) is 0 Å². The number of halogens is 3. The van der Waals surface area contributed by atoms with Crippen LogP contribution in [0.3, 0.4) is 0 Å². The molecule has 0 spiro atoms. The third kappa shape index (κ3) is 5.36. The van der Waals surface area contributed by atoms with E-state index < -0.39 is 29.5 Å². The lowest BCUT2D eigenvalue weighted by Gasteiger charge is -2.19. The van der Waals surface area contributed by atoms with Gasteiger partial charge in [-0.3, -0.25) is 0 Å². The van der Waals surface area contributed by atoms with Crippen LogP contribution in [0.5, 0.6) is 5.75 Å². The number of carboxylic acids is 1.